The second-order valence-corrected chi connectivity index (χ2v) is 5.96. The number of nitrogens with zero attached hydrogens (tertiary/aromatic N) is 2. The van der Waals surface area contributed by atoms with Crippen LogP contribution in [-0.4, -0.2) is 36.1 Å². The smallest absolute Gasteiger partial charge is 0.274 e. The summed E-state index contributed by atoms with van der Waals surface area (Å²) in [7, 11) is 1.66. The van der Waals surface area contributed by atoms with Crippen LogP contribution in [0.2, 0.25) is 0 Å². The van der Waals surface area contributed by atoms with Crippen molar-refractivity contribution in [2.75, 3.05) is 30.9 Å². The maximum absolute atomic E-state index is 12.4. The van der Waals surface area contributed by atoms with Crippen LogP contribution in [0.15, 0.2) is 67.0 Å². The molecule has 3 rings (SSSR count). The molecule has 0 bridgehead atoms. The molecule has 2 aromatic carbocycles. The molecular weight excluding hydrogens is 356 g/mol. The third-order valence-corrected chi connectivity index (χ3v) is 3.82. The van der Waals surface area contributed by atoms with E-state index in [1.807, 2.05) is 30.3 Å². The number of carbonyl (C=O) groups is 1. The van der Waals surface area contributed by atoms with Crippen molar-refractivity contribution in [1.82, 2.24) is 9.97 Å². The summed E-state index contributed by atoms with van der Waals surface area (Å²) in [6.07, 6.45) is 2.21. The summed E-state index contributed by atoms with van der Waals surface area (Å²) in [4.78, 5) is 20.6. The van der Waals surface area contributed by atoms with Crippen molar-refractivity contribution < 1.29 is 14.3 Å². The number of methoxy groups -OCH3 is 1. The topological polar surface area (TPSA) is 85.4 Å². The van der Waals surface area contributed by atoms with Crippen molar-refractivity contribution in [3.8, 4) is 11.5 Å². The third-order valence-electron chi connectivity index (χ3n) is 3.82. The van der Waals surface area contributed by atoms with E-state index in [0.29, 0.717) is 30.4 Å². The highest BCUT2D eigenvalue weighted by molar-refractivity contribution is 6.03. The zero-order chi connectivity index (χ0) is 19.6. The number of anilines is 2. The Morgan fingerprint density at radius 3 is 2.50 bits per heavy atom. The number of para-hydroxylation sites is 1. The summed E-state index contributed by atoms with van der Waals surface area (Å²) < 4.78 is 10.7. The molecule has 0 unspecified atom stereocenters. The van der Waals surface area contributed by atoms with E-state index in [-0.39, 0.29) is 11.6 Å². The second kappa shape index (κ2) is 10.0. The first kappa shape index (κ1) is 19.3. The highest BCUT2D eigenvalue weighted by Gasteiger charge is 2.09. The Bertz CT molecular complexity index is 886. The first-order valence-corrected chi connectivity index (χ1v) is 8.94. The van der Waals surface area contributed by atoms with Crippen LogP contribution in [0.3, 0.4) is 0 Å². The maximum atomic E-state index is 12.4. The predicted octanol–water partition coefficient (Wildman–Crippen LogP) is 3.97. The van der Waals surface area contributed by atoms with Crippen molar-refractivity contribution in [2.24, 2.45) is 0 Å². The Morgan fingerprint density at radius 1 is 1.00 bits per heavy atom. The minimum Gasteiger partial charge on any atom is -0.457 e. The Morgan fingerprint density at radius 2 is 1.75 bits per heavy atom. The Hall–Kier alpha value is -3.45. The van der Waals surface area contributed by atoms with Crippen LogP contribution in [0.25, 0.3) is 0 Å². The van der Waals surface area contributed by atoms with Gasteiger partial charge in [0.05, 0.1) is 0 Å². The molecule has 28 heavy (non-hydrogen) atoms. The molecule has 2 N–H and O–H groups in total. The summed E-state index contributed by atoms with van der Waals surface area (Å²) in [6, 6.07) is 18.3. The third kappa shape index (κ3) is 5.78. The maximum Gasteiger partial charge on any atom is 0.274 e. The van der Waals surface area contributed by atoms with Crippen molar-refractivity contribution in [2.45, 2.75) is 6.42 Å². The molecule has 7 heteroatoms. The number of hydrogen-bond acceptors (Lipinski definition) is 6. The normalized spacial score (nSPS) is 10.3. The van der Waals surface area contributed by atoms with E-state index in [1.54, 1.807) is 37.4 Å². The molecule has 0 radical (unpaired) electrons. The minimum absolute atomic E-state index is 0.286. The first-order valence-electron chi connectivity index (χ1n) is 8.94. The quantitative estimate of drug-likeness (QED) is 0.548. The van der Waals surface area contributed by atoms with Gasteiger partial charge in [0, 0.05) is 32.0 Å². The molecule has 0 saturated heterocycles. The van der Waals surface area contributed by atoms with Crippen LogP contribution in [0, 0.1) is 0 Å². The van der Waals surface area contributed by atoms with Gasteiger partial charge in [-0.25, -0.2) is 9.97 Å². The number of amides is 1. The average Bonchev–Trinajstić information content (AvgIpc) is 2.74. The lowest BCUT2D eigenvalue weighted by Gasteiger charge is -2.09. The van der Waals surface area contributed by atoms with Gasteiger partial charge in [-0.2, -0.15) is 0 Å². The number of carbonyl (C=O) groups excluding carboxylic acids is 1. The molecule has 0 aliphatic carbocycles. The lowest BCUT2D eigenvalue weighted by Crippen LogP contribution is -2.15. The minimum atomic E-state index is -0.306. The van der Waals surface area contributed by atoms with Gasteiger partial charge >= 0.3 is 0 Å². The van der Waals surface area contributed by atoms with Crippen LogP contribution in [0.4, 0.5) is 11.5 Å². The van der Waals surface area contributed by atoms with Crippen molar-refractivity contribution in [1.29, 1.82) is 0 Å². The number of benzene rings is 2. The first-order chi connectivity index (χ1) is 13.7. The molecule has 144 valence electrons. The van der Waals surface area contributed by atoms with Crippen LogP contribution in [0.1, 0.15) is 16.9 Å². The fourth-order valence-corrected chi connectivity index (χ4v) is 2.44. The van der Waals surface area contributed by atoms with E-state index < -0.39 is 0 Å². The van der Waals surface area contributed by atoms with Gasteiger partial charge in [-0.3, -0.25) is 4.79 Å². The standard InChI is InChI=1S/C21H22N4O3/c1-27-13-5-12-22-20-14-19(23-15-24-20)21(26)25-16-8-10-18(11-9-16)28-17-6-3-2-4-7-17/h2-4,6-11,14-15H,5,12-13H2,1H3,(H,25,26)(H,22,23,24). The Kier molecular flexibility index (Phi) is 6.92. The molecular formula is C21H22N4O3. The van der Waals surface area contributed by atoms with Gasteiger partial charge in [-0.1, -0.05) is 18.2 Å². The van der Waals surface area contributed by atoms with E-state index in [1.165, 1.54) is 6.33 Å². The molecule has 7 nitrogen and oxygen atoms in total. The number of nitrogens with one attached hydrogen (secondary N) is 2. The molecule has 0 spiro atoms. The summed E-state index contributed by atoms with van der Waals surface area (Å²) in [5.41, 5.74) is 0.937. The molecule has 0 aliphatic heterocycles. The number of rotatable bonds is 9. The van der Waals surface area contributed by atoms with Crippen molar-refractivity contribution in [3.63, 3.8) is 0 Å². The van der Waals surface area contributed by atoms with Crippen molar-refractivity contribution >= 4 is 17.4 Å². The molecule has 1 heterocycles. The second-order valence-electron chi connectivity index (χ2n) is 5.96. The number of ether oxygens (including phenoxy) is 2. The van der Waals surface area contributed by atoms with Crippen LogP contribution < -0.4 is 15.4 Å². The summed E-state index contributed by atoms with van der Waals surface area (Å²) in [5.74, 6) is 1.74. The Labute approximate surface area is 163 Å². The predicted molar refractivity (Wildman–Crippen MR) is 108 cm³/mol. The molecule has 1 aromatic heterocycles. The van der Waals surface area contributed by atoms with E-state index in [0.717, 1.165) is 12.2 Å². The van der Waals surface area contributed by atoms with Crippen LogP contribution >= 0.6 is 0 Å². The van der Waals surface area contributed by atoms with E-state index in [2.05, 4.69) is 20.6 Å². The lowest BCUT2D eigenvalue weighted by molar-refractivity contribution is 0.102. The van der Waals surface area contributed by atoms with E-state index >= 15 is 0 Å². The zero-order valence-corrected chi connectivity index (χ0v) is 15.6. The average molecular weight is 378 g/mol. The summed E-state index contributed by atoms with van der Waals surface area (Å²) in [5, 5.41) is 5.96. The monoisotopic (exact) mass is 378 g/mol. The van der Waals surface area contributed by atoms with Gasteiger partial charge in [0.25, 0.3) is 5.91 Å². The summed E-state index contributed by atoms with van der Waals surface area (Å²) >= 11 is 0. The fraction of sp³-hybridized carbons (Fsp3) is 0.190. The molecule has 0 fully saturated rings. The van der Waals surface area contributed by atoms with Crippen LogP contribution in [-0.2, 0) is 4.74 Å². The van der Waals surface area contributed by atoms with Crippen molar-refractivity contribution in [3.05, 3.63) is 72.7 Å². The molecule has 0 saturated carbocycles. The highest BCUT2D eigenvalue weighted by Crippen LogP contribution is 2.22. The van der Waals surface area contributed by atoms with Crippen LogP contribution in [0.5, 0.6) is 11.5 Å². The summed E-state index contributed by atoms with van der Waals surface area (Å²) in [6.45, 7) is 1.37. The van der Waals surface area contributed by atoms with Gasteiger partial charge in [0.15, 0.2) is 0 Å². The van der Waals surface area contributed by atoms with Gasteiger partial charge in [-0.05, 0) is 42.8 Å². The molecule has 0 atom stereocenters. The molecule has 0 aliphatic rings. The SMILES string of the molecule is COCCCNc1cc(C(=O)Nc2ccc(Oc3ccccc3)cc2)ncn1. The number of hydrogen-bond donors (Lipinski definition) is 2. The lowest BCUT2D eigenvalue weighted by atomic mass is 10.2. The van der Waals surface area contributed by atoms with Gasteiger partial charge in [-0.15, -0.1) is 0 Å². The number of aromatic nitrogens is 2. The van der Waals surface area contributed by atoms with Gasteiger partial charge in [0.2, 0.25) is 0 Å². The zero-order valence-electron chi connectivity index (χ0n) is 15.6. The van der Waals surface area contributed by atoms with E-state index in [4.69, 9.17) is 9.47 Å². The van der Waals surface area contributed by atoms with Gasteiger partial charge in [0.1, 0.15) is 29.3 Å². The highest BCUT2D eigenvalue weighted by atomic mass is 16.5. The fourth-order valence-electron chi connectivity index (χ4n) is 2.44. The van der Waals surface area contributed by atoms with Gasteiger partial charge < -0.3 is 20.1 Å². The Balaban J connectivity index is 1.57. The molecule has 3 aromatic rings. The molecule has 1 amide bonds. The van der Waals surface area contributed by atoms with E-state index in [9.17, 15) is 4.79 Å². The largest absolute Gasteiger partial charge is 0.457 e.